The Morgan fingerprint density at radius 3 is 2.81 bits per heavy atom. The number of hydrogen-bond acceptors (Lipinski definition) is 4. The number of ether oxygens (including phenoxy) is 2. The average Bonchev–Trinajstić information content (AvgIpc) is 2.98. The van der Waals surface area contributed by atoms with Crippen LogP contribution < -0.4 is 4.74 Å². The van der Waals surface area contributed by atoms with Gasteiger partial charge in [-0.25, -0.2) is 0 Å². The number of carbonyl (C=O) groups is 1. The standard InChI is InChI=1S/C22H28N2O3/c1-5-12-11-24-18-10-16-14-7-6-13(26-3)8-17(14)23(2)21(16)19(24)9-15(12)20(18)22(25)27-4/h6-8,12,15,18-20H,5,9-11H2,1-4H3/t12-,15-,18-,19-,20+/m0/s1. The van der Waals surface area contributed by atoms with Crippen LogP contribution in [0.2, 0.25) is 0 Å². The molecule has 6 atom stereocenters. The molecule has 4 bridgehead atoms. The highest BCUT2D eigenvalue weighted by Gasteiger charge is 2.57. The summed E-state index contributed by atoms with van der Waals surface area (Å²) in [4.78, 5) is 15.3. The van der Waals surface area contributed by atoms with Crippen LogP contribution in [0.3, 0.4) is 0 Å². The molecule has 4 aliphatic rings. The molecule has 144 valence electrons. The second-order valence-corrected chi connectivity index (χ2v) is 8.41. The first-order valence-electron chi connectivity index (χ1n) is 10.1. The van der Waals surface area contributed by atoms with E-state index in [4.69, 9.17) is 9.47 Å². The summed E-state index contributed by atoms with van der Waals surface area (Å²) in [6, 6.07) is 7.05. The molecule has 1 aromatic heterocycles. The van der Waals surface area contributed by atoms with Gasteiger partial charge in [-0.05, 0) is 42.4 Å². The van der Waals surface area contributed by atoms with E-state index >= 15 is 0 Å². The summed E-state index contributed by atoms with van der Waals surface area (Å²) in [5.74, 6) is 1.91. The molecule has 5 nitrogen and oxygen atoms in total. The van der Waals surface area contributed by atoms with Crippen molar-refractivity contribution in [2.75, 3.05) is 20.8 Å². The zero-order chi connectivity index (χ0) is 18.9. The summed E-state index contributed by atoms with van der Waals surface area (Å²) < 4.78 is 13.1. The van der Waals surface area contributed by atoms with Crippen LogP contribution in [0.25, 0.3) is 10.9 Å². The summed E-state index contributed by atoms with van der Waals surface area (Å²) in [5, 5.41) is 1.30. The Balaban J connectivity index is 1.67. The maximum Gasteiger partial charge on any atom is 0.310 e. The van der Waals surface area contributed by atoms with Crippen molar-refractivity contribution in [1.29, 1.82) is 0 Å². The molecule has 3 fully saturated rings. The van der Waals surface area contributed by atoms with Crippen molar-refractivity contribution in [3.05, 3.63) is 29.5 Å². The van der Waals surface area contributed by atoms with Crippen LogP contribution in [0, 0.1) is 17.8 Å². The van der Waals surface area contributed by atoms with Crippen LogP contribution in [0.5, 0.6) is 5.75 Å². The molecule has 0 spiro atoms. The van der Waals surface area contributed by atoms with Crippen molar-refractivity contribution in [1.82, 2.24) is 9.47 Å². The first-order chi connectivity index (χ1) is 13.1. The molecule has 4 aliphatic heterocycles. The van der Waals surface area contributed by atoms with E-state index in [1.807, 2.05) is 6.07 Å². The monoisotopic (exact) mass is 368 g/mol. The Morgan fingerprint density at radius 1 is 1.30 bits per heavy atom. The normalized spacial score (nSPS) is 33.8. The minimum Gasteiger partial charge on any atom is -0.497 e. The first kappa shape index (κ1) is 17.1. The van der Waals surface area contributed by atoms with E-state index in [1.165, 1.54) is 29.3 Å². The van der Waals surface area contributed by atoms with Crippen molar-refractivity contribution >= 4 is 16.9 Å². The number of fused-ring (bicyclic) bond motifs is 4. The number of rotatable bonds is 3. The molecule has 0 aliphatic carbocycles. The predicted octanol–water partition coefficient (Wildman–Crippen LogP) is 3.30. The maximum absolute atomic E-state index is 12.7. The van der Waals surface area contributed by atoms with Gasteiger partial charge in [0.05, 0.1) is 31.7 Å². The Morgan fingerprint density at radius 2 is 2.11 bits per heavy atom. The summed E-state index contributed by atoms with van der Waals surface area (Å²) >= 11 is 0. The molecule has 5 heteroatoms. The van der Waals surface area contributed by atoms with Crippen LogP contribution in [-0.4, -0.2) is 42.2 Å². The van der Waals surface area contributed by atoms with Gasteiger partial charge in [-0.15, -0.1) is 0 Å². The zero-order valence-corrected chi connectivity index (χ0v) is 16.6. The topological polar surface area (TPSA) is 43.7 Å². The largest absolute Gasteiger partial charge is 0.497 e. The van der Waals surface area contributed by atoms with E-state index < -0.39 is 0 Å². The van der Waals surface area contributed by atoms with Gasteiger partial charge in [-0.2, -0.15) is 0 Å². The molecule has 1 unspecified atom stereocenters. The van der Waals surface area contributed by atoms with E-state index in [9.17, 15) is 4.79 Å². The van der Waals surface area contributed by atoms with Gasteiger partial charge >= 0.3 is 5.97 Å². The quantitative estimate of drug-likeness (QED) is 0.780. The number of piperidine rings is 3. The molecule has 3 saturated heterocycles. The van der Waals surface area contributed by atoms with Crippen LogP contribution in [-0.2, 0) is 23.0 Å². The summed E-state index contributed by atoms with van der Waals surface area (Å²) in [6.45, 7) is 3.36. The van der Waals surface area contributed by atoms with Gasteiger partial charge < -0.3 is 14.0 Å². The summed E-state index contributed by atoms with van der Waals surface area (Å²) in [6.07, 6.45) is 3.12. The minimum atomic E-state index is -0.0167. The molecule has 6 rings (SSSR count). The van der Waals surface area contributed by atoms with Gasteiger partial charge in [0.1, 0.15) is 5.75 Å². The summed E-state index contributed by atoms with van der Waals surface area (Å²) in [7, 11) is 5.43. The fraction of sp³-hybridized carbons (Fsp3) is 0.591. The fourth-order valence-electron chi connectivity index (χ4n) is 6.32. The van der Waals surface area contributed by atoms with Crippen molar-refractivity contribution in [3.8, 4) is 5.75 Å². The molecular formula is C22H28N2O3. The van der Waals surface area contributed by atoms with Crippen molar-refractivity contribution < 1.29 is 14.3 Å². The lowest BCUT2D eigenvalue weighted by Gasteiger charge is -2.59. The van der Waals surface area contributed by atoms with Gasteiger partial charge in [-0.1, -0.05) is 13.3 Å². The molecule has 0 saturated carbocycles. The molecule has 0 amide bonds. The number of carbonyl (C=O) groups excluding carboxylic acids is 1. The first-order valence-corrected chi connectivity index (χ1v) is 10.1. The molecule has 5 heterocycles. The van der Waals surface area contributed by atoms with Crippen LogP contribution in [0.15, 0.2) is 18.2 Å². The lowest BCUT2D eigenvalue weighted by Crippen LogP contribution is -2.64. The second-order valence-electron chi connectivity index (χ2n) is 8.41. The molecule has 0 radical (unpaired) electrons. The zero-order valence-electron chi connectivity index (χ0n) is 16.6. The van der Waals surface area contributed by atoms with Crippen molar-refractivity contribution in [3.63, 3.8) is 0 Å². The smallest absolute Gasteiger partial charge is 0.310 e. The SMILES string of the molecule is CC[C@H]1CN2[C@H]3C[C@@H]1[C@@H](C(=O)OC)[C@@H]2Cc1c3n(C)c2cc(OC)ccc12. The second kappa shape index (κ2) is 5.99. The molecule has 27 heavy (non-hydrogen) atoms. The highest BCUT2D eigenvalue weighted by molar-refractivity contribution is 5.88. The third-order valence-corrected chi connectivity index (χ3v) is 7.54. The minimum absolute atomic E-state index is 0.00612. The molecule has 2 aromatic rings. The lowest BCUT2D eigenvalue weighted by molar-refractivity contribution is -0.168. The van der Waals surface area contributed by atoms with Crippen molar-refractivity contribution in [2.24, 2.45) is 24.8 Å². The van der Waals surface area contributed by atoms with Crippen LogP contribution >= 0.6 is 0 Å². The highest BCUT2D eigenvalue weighted by Crippen LogP contribution is 2.55. The Bertz CT molecular complexity index is 918. The third-order valence-electron chi connectivity index (χ3n) is 7.54. The Hall–Kier alpha value is -2.01. The number of methoxy groups -OCH3 is 2. The van der Waals surface area contributed by atoms with Gasteiger partial charge in [0.25, 0.3) is 0 Å². The highest BCUT2D eigenvalue weighted by atomic mass is 16.5. The Kier molecular flexibility index (Phi) is 3.80. The fourth-order valence-corrected chi connectivity index (χ4v) is 6.32. The van der Waals surface area contributed by atoms with E-state index in [-0.39, 0.29) is 17.9 Å². The third kappa shape index (κ3) is 2.18. The molecule has 0 N–H and O–H groups in total. The predicted molar refractivity (Wildman–Crippen MR) is 104 cm³/mol. The molecular weight excluding hydrogens is 340 g/mol. The molecule has 1 aromatic carbocycles. The van der Waals surface area contributed by atoms with Gasteiger partial charge in [0.2, 0.25) is 0 Å². The number of hydrogen-bond donors (Lipinski definition) is 0. The van der Waals surface area contributed by atoms with Gasteiger partial charge in [-0.3, -0.25) is 9.69 Å². The van der Waals surface area contributed by atoms with Gasteiger partial charge in [0.15, 0.2) is 0 Å². The average molecular weight is 368 g/mol. The van der Waals surface area contributed by atoms with E-state index in [1.54, 1.807) is 7.11 Å². The van der Waals surface area contributed by atoms with Crippen LogP contribution in [0.4, 0.5) is 0 Å². The van der Waals surface area contributed by atoms with Gasteiger partial charge in [0, 0.05) is 36.8 Å². The maximum atomic E-state index is 12.7. The number of aryl methyl sites for hydroxylation is 1. The Labute approximate surface area is 160 Å². The number of benzene rings is 1. The number of nitrogens with zero attached hydrogens (tertiary/aromatic N) is 2. The van der Waals surface area contributed by atoms with E-state index in [0.717, 1.165) is 31.6 Å². The number of esters is 1. The van der Waals surface area contributed by atoms with E-state index in [2.05, 4.69) is 35.6 Å². The summed E-state index contributed by atoms with van der Waals surface area (Å²) in [5.41, 5.74) is 4.09. The van der Waals surface area contributed by atoms with Crippen LogP contribution in [0.1, 0.15) is 37.1 Å². The number of aromatic nitrogens is 1. The lowest BCUT2D eigenvalue weighted by atomic mass is 9.61. The van der Waals surface area contributed by atoms with E-state index in [0.29, 0.717) is 17.9 Å². The van der Waals surface area contributed by atoms with Crippen molar-refractivity contribution in [2.45, 2.75) is 38.3 Å².